The van der Waals surface area contributed by atoms with Crippen molar-refractivity contribution in [3.05, 3.63) is 71.3 Å². The third-order valence-electron chi connectivity index (χ3n) is 4.13. The highest BCUT2D eigenvalue weighted by Gasteiger charge is 2.49. The Morgan fingerprint density at radius 2 is 1.70 bits per heavy atom. The van der Waals surface area contributed by atoms with E-state index in [9.17, 15) is 9.59 Å². The molecule has 2 aromatic carbocycles. The average molecular weight is 310 g/mol. The van der Waals surface area contributed by atoms with Crippen LogP contribution in [0.15, 0.2) is 54.6 Å². The van der Waals surface area contributed by atoms with Crippen molar-refractivity contribution in [3.8, 4) is 0 Å². The maximum Gasteiger partial charge on any atom is 0.509 e. The highest BCUT2D eigenvalue weighted by molar-refractivity contribution is 6.10. The van der Waals surface area contributed by atoms with Crippen molar-refractivity contribution in [1.82, 2.24) is 0 Å². The van der Waals surface area contributed by atoms with Crippen molar-refractivity contribution in [2.24, 2.45) is 0 Å². The maximum absolute atomic E-state index is 12.8. The van der Waals surface area contributed by atoms with E-state index in [1.165, 1.54) is 0 Å². The molecule has 0 N–H and O–H groups in total. The second-order valence-electron chi connectivity index (χ2n) is 5.53. The number of benzene rings is 2. The Balaban J connectivity index is 1.71. The number of hydrogen-bond acceptors (Lipinski definition) is 5. The lowest BCUT2D eigenvalue weighted by molar-refractivity contribution is 0.0183. The van der Waals surface area contributed by atoms with E-state index in [1.807, 2.05) is 36.4 Å². The van der Waals surface area contributed by atoms with Crippen molar-refractivity contribution >= 4 is 11.9 Å². The Morgan fingerprint density at radius 1 is 0.957 bits per heavy atom. The first-order chi connectivity index (χ1) is 11.2. The third-order valence-corrected chi connectivity index (χ3v) is 4.13. The highest BCUT2D eigenvalue weighted by atomic mass is 16.8. The molecule has 0 bridgehead atoms. The van der Waals surface area contributed by atoms with Gasteiger partial charge in [-0.3, -0.25) is 4.79 Å². The van der Waals surface area contributed by atoms with E-state index in [0.29, 0.717) is 16.7 Å². The van der Waals surface area contributed by atoms with Crippen LogP contribution < -0.4 is 0 Å². The summed E-state index contributed by atoms with van der Waals surface area (Å²) < 4.78 is 16.0. The molecular formula is C18H14O5. The van der Waals surface area contributed by atoms with Gasteiger partial charge in [-0.05, 0) is 5.56 Å². The van der Waals surface area contributed by atoms with E-state index < -0.39 is 24.5 Å². The van der Waals surface area contributed by atoms with Gasteiger partial charge in [0.15, 0.2) is 18.0 Å². The normalized spacial score (nSPS) is 25.6. The molecule has 0 saturated carbocycles. The van der Waals surface area contributed by atoms with Gasteiger partial charge in [0.2, 0.25) is 0 Å². The lowest BCUT2D eigenvalue weighted by atomic mass is 9.93. The van der Waals surface area contributed by atoms with E-state index in [4.69, 9.17) is 14.2 Å². The molecule has 0 amide bonds. The number of hydrogen-bond donors (Lipinski definition) is 0. The summed E-state index contributed by atoms with van der Waals surface area (Å²) in [4.78, 5) is 24.1. The minimum atomic E-state index is -0.680. The molecule has 2 aliphatic rings. The molecule has 23 heavy (non-hydrogen) atoms. The largest absolute Gasteiger partial charge is 0.509 e. The molecule has 0 aromatic heterocycles. The molecule has 2 aliphatic heterocycles. The van der Waals surface area contributed by atoms with Crippen LogP contribution in [0.2, 0.25) is 0 Å². The smallest absolute Gasteiger partial charge is 0.424 e. The lowest BCUT2D eigenvalue weighted by Gasteiger charge is -2.18. The van der Waals surface area contributed by atoms with Gasteiger partial charge in [0, 0.05) is 11.1 Å². The summed E-state index contributed by atoms with van der Waals surface area (Å²) in [5.41, 5.74) is 1.87. The zero-order valence-corrected chi connectivity index (χ0v) is 12.2. The van der Waals surface area contributed by atoms with Crippen LogP contribution in [0.1, 0.15) is 27.6 Å². The summed E-state index contributed by atoms with van der Waals surface area (Å²) in [6.07, 6.45) is -2.09. The average Bonchev–Trinajstić information content (AvgIpc) is 3.14. The highest BCUT2D eigenvalue weighted by Crippen LogP contribution is 2.38. The van der Waals surface area contributed by atoms with Crippen LogP contribution >= 0.6 is 0 Å². The van der Waals surface area contributed by atoms with Gasteiger partial charge in [0.1, 0.15) is 6.10 Å². The van der Waals surface area contributed by atoms with E-state index in [1.54, 1.807) is 18.2 Å². The first-order valence-electron chi connectivity index (χ1n) is 7.41. The van der Waals surface area contributed by atoms with Gasteiger partial charge in [-0.15, -0.1) is 0 Å². The molecule has 2 heterocycles. The van der Waals surface area contributed by atoms with Gasteiger partial charge in [0.05, 0.1) is 6.61 Å². The Hall–Kier alpha value is -2.66. The van der Waals surface area contributed by atoms with Gasteiger partial charge in [-0.1, -0.05) is 54.6 Å². The Kier molecular flexibility index (Phi) is 3.35. The van der Waals surface area contributed by atoms with Crippen LogP contribution in [0.3, 0.4) is 0 Å². The molecule has 5 heteroatoms. The van der Waals surface area contributed by atoms with E-state index in [-0.39, 0.29) is 12.4 Å². The number of carbonyl (C=O) groups is 2. The first-order valence-corrected chi connectivity index (χ1v) is 7.41. The fourth-order valence-corrected chi connectivity index (χ4v) is 3.05. The van der Waals surface area contributed by atoms with Gasteiger partial charge in [0.25, 0.3) is 0 Å². The van der Waals surface area contributed by atoms with Crippen LogP contribution in [-0.2, 0) is 14.2 Å². The summed E-state index contributed by atoms with van der Waals surface area (Å²) in [7, 11) is 0. The van der Waals surface area contributed by atoms with E-state index in [2.05, 4.69) is 0 Å². The van der Waals surface area contributed by atoms with Crippen molar-refractivity contribution < 1.29 is 23.8 Å². The van der Waals surface area contributed by atoms with Gasteiger partial charge in [-0.2, -0.15) is 0 Å². The SMILES string of the molecule is O=C1O[C@H]2[C@H](CO[C@@H]2c2ccccc2C(=O)c2ccccc2)O1. The van der Waals surface area contributed by atoms with Crippen molar-refractivity contribution in [3.63, 3.8) is 0 Å². The molecule has 0 aliphatic carbocycles. The summed E-state index contributed by atoms with van der Waals surface area (Å²) in [6.45, 7) is 0.273. The summed E-state index contributed by atoms with van der Waals surface area (Å²) in [5.74, 6) is -0.0847. The van der Waals surface area contributed by atoms with Gasteiger partial charge >= 0.3 is 6.16 Å². The fraction of sp³-hybridized carbons (Fsp3) is 0.222. The predicted octanol–water partition coefficient (Wildman–Crippen LogP) is 2.89. The molecule has 5 nitrogen and oxygen atoms in total. The quantitative estimate of drug-likeness (QED) is 0.644. The molecule has 0 unspecified atom stereocenters. The van der Waals surface area contributed by atoms with Crippen molar-refractivity contribution in [1.29, 1.82) is 0 Å². The van der Waals surface area contributed by atoms with Gasteiger partial charge < -0.3 is 14.2 Å². The van der Waals surface area contributed by atoms with Crippen LogP contribution in [0.25, 0.3) is 0 Å². The second kappa shape index (κ2) is 5.52. The van der Waals surface area contributed by atoms with E-state index in [0.717, 1.165) is 0 Å². The lowest BCUT2D eigenvalue weighted by Crippen LogP contribution is -2.23. The standard InChI is InChI=1S/C18H14O5/c19-15(11-6-2-1-3-7-11)12-8-4-5-9-13(12)16-17-14(10-21-16)22-18(20)23-17/h1-9,14,16-17H,10H2/t14-,16+,17-/m0/s1. The zero-order valence-electron chi connectivity index (χ0n) is 12.2. The number of carbonyl (C=O) groups excluding carboxylic acids is 2. The topological polar surface area (TPSA) is 61.8 Å². The Labute approximate surface area is 132 Å². The molecule has 0 spiro atoms. The molecule has 4 rings (SSSR count). The predicted molar refractivity (Wildman–Crippen MR) is 80.2 cm³/mol. The number of ketones is 1. The summed E-state index contributed by atoms with van der Waals surface area (Å²) in [5, 5.41) is 0. The molecular weight excluding hydrogens is 296 g/mol. The van der Waals surface area contributed by atoms with E-state index >= 15 is 0 Å². The van der Waals surface area contributed by atoms with Crippen LogP contribution in [0.4, 0.5) is 4.79 Å². The molecule has 2 aromatic rings. The first kappa shape index (κ1) is 14.0. The minimum Gasteiger partial charge on any atom is -0.424 e. The van der Waals surface area contributed by atoms with Crippen molar-refractivity contribution in [2.45, 2.75) is 18.3 Å². The molecule has 2 saturated heterocycles. The zero-order chi connectivity index (χ0) is 15.8. The summed E-state index contributed by atoms with van der Waals surface area (Å²) in [6, 6.07) is 16.3. The van der Waals surface area contributed by atoms with Crippen LogP contribution in [0, 0.1) is 0 Å². The maximum atomic E-state index is 12.8. The second-order valence-corrected chi connectivity index (χ2v) is 5.53. The Bertz CT molecular complexity index is 755. The van der Waals surface area contributed by atoms with Gasteiger partial charge in [-0.25, -0.2) is 4.79 Å². The molecule has 3 atom stereocenters. The van der Waals surface area contributed by atoms with Crippen LogP contribution in [0.5, 0.6) is 0 Å². The third kappa shape index (κ3) is 2.39. The number of ether oxygens (including phenoxy) is 3. The summed E-state index contributed by atoms with van der Waals surface area (Å²) >= 11 is 0. The monoisotopic (exact) mass is 310 g/mol. The number of rotatable bonds is 3. The minimum absolute atomic E-state index is 0.0847. The number of fused-ring (bicyclic) bond motifs is 1. The fourth-order valence-electron chi connectivity index (χ4n) is 3.05. The van der Waals surface area contributed by atoms with Crippen LogP contribution in [-0.4, -0.2) is 30.8 Å². The molecule has 2 fully saturated rings. The molecule has 0 radical (unpaired) electrons. The Morgan fingerprint density at radius 3 is 2.52 bits per heavy atom. The molecule has 116 valence electrons. The van der Waals surface area contributed by atoms with Crippen molar-refractivity contribution in [2.75, 3.05) is 6.61 Å².